The zero-order chi connectivity index (χ0) is 8.36. The third-order valence-corrected chi connectivity index (χ3v) is 1.42. The van der Waals surface area contributed by atoms with Crippen LogP contribution in [0, 0.1) is 5.41 Å². The molecule has 60 valence electrons. The van der Waals surface area contributed by atoms with Crippen molar-refractivity contribution in [3.63, 3.8) is 0 Å². The molecule has 10 heavy (non-hydrogen) atoms. The second kappa shape index (κ2) is 3.12. The lowest BCUT2D eigenvalue weighted by Gasteiger charge is -2.29. The monoisotopic (exact) mass is 145 g/mol. The van der Waals surface area contributed by atoms with Crippen molar-refractivity contribution >= 4 is 6.29 Å². The summed E-state index contributed by atoms with van der Waals surface area (Å²) in [7, 11) is 1.48. The molecule has 0 aromatic heterocycles. The topological polar surface area (TPSA) is 40.5 Å². The highest BCUT2D eigenvalue weighted by atomic mass is 16.5. The molecule has 0 rings (SSSR count). The Bertz CT molecular complexity index is 115. The van der Waals surface area contributed by atoms with Gasteiger partial charge in [-0.3, -0.25) is 0 Å². The van der Waals surface area contributed by atoms with E-state index in [0.29, 0.717) is 0 Å². The van der Waals surface area contributed by atoms with Crippen molar-refractivity contribution < 1.29 is 10.0 Å². The first-order valence-corrected chi connectivity index (χ1v) is 3.26. The Labute approximate surface area is 61.6 Å². The van der Waals surface area contributed by atoms with E-state index in [0.717, 1.165) is 11.3 Å². The SMILES string of the molecule is CN(O)[C@H](C=O)C(C)(C)C. The maximum Gasteiger partial charge on any atom is 0.140 e. The zero-order valence-electron chi connectivity index (χ0n) is 6.96. The molecule has 0 aliphatic carbocycles. The Hall–Kier alpha value is -0.410. The highest BCUT2D eigenvalue weighted by Crippen LogP contribution is 2.20. The lowest BCUT2D eigenvalue weighted by Crippen LogP contribution is -2.40. The van der Waals surface area contributed by atoms with Gasteiger partial charge in [-0.15, -0.1) is 0 Å². The van der Waals surface area contributed by atoms with Crippen LogP contribution in [0.25, 0.3) is 0 Å². The third-order valence-electron chi connectivity index (χ3n) is 1.42. The summed E-state index contributed by atoms with van der Waals surface area (Å²) < 4.78 is 0. The Balaban J connectivity index is 4.21. The van der Waals surface area contributed by atoms with Crippen LogP contribution in [-0.2, 0) is 4.79 Å². The van der Waals surface area contributed by atoms with Crippen LogP contribution < -0.4 is 0 Å². The molecule has 0 aromatic carbocycles. The molecule has 3 nitrogen and oxygen atoms in total. The van der Waals surface area contributed by atoms with E-state index in [1.165, 1.54) is 7.05 Å². The zero-order valence-corrected chi connectivity index (χ0v) is 6.96. The average molecular weight is 145 g/mol. The fourth-order valence-corrected chi connectivity index (χ4v) is 0.853. The minimum absolute atomic E-state index is 0.203. The van der Waals surface area contributed by atoms with E-state index >= 15 is 0 Å². The van der Waals surface area contributed by atoms with Gasteiger partial charge in [0.1, 0.15) is 6.29 Å². The van der Waals surface area contributed by atoms with Crippen LogP contribution in [-0.4, -0.2) is 29.6 Å². The number of carbonyl (C=O) groups excluding carboxylic acids is 1. The molecule has 0 aromatic rings. The Kier molecular flexibility index (Phi) is 2.99. The fourth-order valence-electron chi connectivity index (χ4n) is 0.853. The average Bonchev–Trinajstić information content (AvgIpc) is 1.60. The molecule has 0 bridgehead atoms. The van der Waals surface area contributed by atoms with E-state index in [4.69, 9.17) is 5.21 Å². The van der Waals surface area contributed by atoms with Gasteiger partial charge in [-0.2, -0.15) is 5.06 Å². The lowest BCUT2D eigenvalue weighted by atomic mass is 9.88. The number of likely N-dealkylation sites (N-methyl/N-ethyl adjacent to an activating group) is 1. The minimum atomic E-state index is -0.424. The first-order valence-electron chi connectivity index (χ1n) is 3.26. The van der Waals surface area contributed by atoms with Crippen LogP contribution in [0.4, 0.5) is 0 Å². The van der Waals surface area contributed by atoms with Gasteiger partial charge in [-0.05, 0) is 5.41 Å². The summed E-state index contributed by atoms with van der Waals surface area (Å²) in [5.41, 5.74) is -0.203. The summed E-state index contributed by atoms with van der Waals surface area (Å²) in [5.74, 6) is 0. The van der Waals surface area contributed by atoms with Crippen molar-refractivity contribution in [2.75, 3.05) is 7.05 Å². The largest absolute Gasteiger partial charge is 0.314 e. The van der Waals surface area contributed by atoms with Gasteiger partial charge in [0.15, 0.2) is 0 Å². The molecule has 1 N–H and O–H groups in total. The number of hydrogen-bond donors (Lipinski definition) is 1. The molecular weight excluding hydrogens is 130 g/mol. The van der Waals surface area contributed by atoms with E-state index in [-0.39, 0.29) is 5.41 Å². The van der Waals surface area contributed by atoms with Crippen molar-refractivity contribution in [3.8, 4) is 0 Å². The number of aldehydes is 1. The number of hydroxylamine groups is 2. The summed E-state index contributed by atoms with van der Waals surface area (Å²) in [6, 6.07) is -0.424. The molecule has 0 saturated heterocycles. The Morgan fingerprint density at radius 1 is 1.50 bits per heavy atom. The molecule has 0 saturated carbocycles. The van der Waals surface area contributed by atoms with Crippen molar-refractivity contribution in [2.24, 2.45) is 5.41 Å². The quantitative estimate of drug-likeness (QED) is 0.464. The van der Waals surface area contributed by atoms with Crippen LogP contribution >= 0.6 is 0 Å². The molecule has 3 heteroatoms. The Morgan fingerprint density at radius 3 is 1.90 bits per heavy atom. The minimum Gasteiger partial charge on any atom is -0.314 e. The molecule has 0 fully saturated rings. The summed E-state index contributed by atoms with van der Waals surface area (Å²) in [6.07, 6.45) is 0.750. The molecule has 0 unspecified atom stereocenters. The van der Waals surface area contributed by atoms with E-state index in [2.05, 4.69) is 0 Å². The van der Waals surface area contributed by atoms with Crippen LogP contribution in [0.3, 0.4) is 0 Å². The normalized spacial score (nSPS) is 15.4. The molecular formula is C7H15NO2. The number of nitrogens with zero attached hydrogens (tertiary/aromatic N) is 1. The van der Waals surface area contributed by atoms with Gasteiger partial charge in [0.05, 0.1) is 6.04 Å². The first kappa shape index (κ1) is 9.59. The molecule has 0 radical (unpaired) electrons. The van der Waals surface area contributed by atoms with E-state index in [9.17, 15) is 4.79 Å². The maximum atomic E-state index is 10.4. The summed E-state index contributed by atoms with van der Waals surface area (Å²) in [6.45, 7) is 5.70. The predicted molar refractivity (Wildman–Crippen MR) is 38.9 cm³/mol. The smallest absolute Gasteiger partial charge is 0.140 e. The van der Waals surface area contributed by atoms with Gasteiger partial charge in [0.25, 0.3) is 0 Å². The van der Waals surface area contributed by atoms with Crippen LogP contribution in [0.5, 0.6) is 0 Å². The van der Waals surface area contributed by atoms with Gasteiger partial charge in [-0.1, -0.05) is 20.8 Å². The van der Waals surface area contributed by atoms with Crippen molar-refractivity contribution in [1.82, 2.24) is 5.06 Å². The number of rotatable bonds is 2. The molecule has 0 spiro atoms. The second-order valence-electron chi connectivity index (χ2n) is 3.52. The summed E-state index contributed by atoms with van der Waals surface area (Å²) >= 11 is 0. The highest BCUT2D eigenvalue weighted by molar-refractivity contribution is 5.58. The molecule has 1 atom stereocenters. The second-order valence-corrected chi connectivity index (χ2v) is 3.52. The molecule has 0 aliphatic rings. The van der Waals surface area contributed by atoms with Gasteiger partial charge in [-0.25, -0.2) is 0 Å². The van der Waals surface area contributed by atoms with Crippen LogP contribution in [0.15, 0.2) is 0 Å². The highest BCUT2D eigenvalue weighted by Gasteiger charge is 2.26. The summed E-state index contributed by atoms with van der Waals surface area (Å²) in [5, 5.41) is 9.89. The number of hydrogen-bond acceptors (Lipinski definition) is 3. The van der Waals surface area contributed by atoms with Crippen molar-refractivity contribution in [1.29, 1.82) is 0 Å². The van der Waals surface area contributed by atoms with E-state index in [1.807, 2.05) is 20.8 Å². The van der Waals surface area contributed by atoms with Gasteiger partial charge < -0.3 is 10.0 Å². The third kappa shape index (κ3) is 2.45. The van der Waals surface area contributed by atoms with Crippen molar-refractivity contribution in [3.05, 3.63) is 0 Å². The number of carbonyl (C=O) groups is 1. The Morgan fingerprint density at radius 2 is 1.90 bits per heavy atom. The molecule has 0 aliphatic heterocycles. The van der Waals surface area contributed by atoms with Crippen molar-refractivity contribution in [2.45, 2.75) is 26.8 Å². The lowest BCUT2D eigenvalue weighted by molar-refractivity contribution is -0.147. The van der Waals surface area contributed by atoms with Gasteiger partial charge in [0.2, 0.25) is 0 Å². The van der Waals surface area contributed by atoms with Gasteiger partial charge >= 0.3 is 0 Å². The maximum absolute atomic E-state index is 10.4. The van der Waals surface area contributed by atoms with Crippen LogP contribution in [0.2, 0.25) is 0 Å². The van der Waals surface area contributed by atoms with Crippen LogP contribution in [0.1, 0.15) is 20.8 Å². The van der Waals surface area contributed by atoms with E-state index < -0.39 is 6.04 Å². The first-order chi connectivity index (χ1) is 4.39. The fraction of sp³-hybridized carbons (Fsp3) is 0.857. The molecule has 0 heterocycles. The summed E-state index contributed by atoms with van der Waals surface area (Å²) in [4.78, 5) is 10.4. The molecule has 0 amide bonds. The predicted octanol–water partition coefficient (Wildman–Crippen LogP) is 0.921. The standard InChI is InChI=1S/C7H15NO2/c1-7(2,3)6(5-9)8(4)10/h5-6,10H,1-4H3/t6-/m1/s1. The van der Waals surface area contributed by atoms with E-state index in [1.54, 1.807) is 0 Å². The van der Waals surface area contributed by atoms with Gasteiger partial charge in [0, 0.05) is 7.05 Å².